The van der Waals surface area contributed by atoms with Crippen LogP contribution in [0, 0.1) is 0 Å². The predicted octanol–water partition coefficient (Wildman–Crippen LogP) is 4.26. The smallest absolute Gasteiger partial charge is 0.0757 e. The van der Waals surface area contributed by atoms with E-state index in [1.165, 1.54) is 22.3 Å². The minimum Gasteiger partial charge on any atom is -0.370 e. The predicted molar refractivity (Wildman–Crippen MR) is 89.9 cm³/mol. The lowest BCUT2D eigenvalue weighted by atomic mass is 9.98. The topological polar surface area (TPSA) is 12.5 Å². The first-order valence-electron chi connectivity index (χ1n) is 8.15. The Morgan fingerprint density at radius 1 is 0.955 bits per heavy atom. The van der Waals surface area contributed by atoms with Gasteiger partial charge < -0.3 is 4.74 Å². The molecule has 1 fully saturated rings. The van der Waals surface area contributed by atoms with E-state index in [1.54, 1.807) is 0 Å². The second-order valence-electron chi connectivity index (χ2n) is 7.19. The molecule has 2 nitrogen and oxygen atoms in total. The van der Waals surface area contributed by atoms with E-state index in [9.17, 15) is 0 Å². The number of hydrogen-bond donors (Lipinski definition) is 0. The molecule has 0 radical (unpaired) electrons. The van der Waals surface area contributed by atoms with E-state index in [4.69, 9.17) is 4.74 Å². The lowest BCUT2D eigenvalue weighted by molar-refractivity contribution is -0.135. The van der Waals surface area contributed by atoms with E-state index >= 15 is 0 Å². The molecule has 0 spiro atoms. The number of hydrogen-bond acceptors (Lipinski definition) is 2. The molecule has 1 aliphatic carbocycles. The number of morpholine rings is 1. The van der Waals surface area contributed by atoms with Gasteiger partial charge >= 0.3 is 0 Å². The summed E-state index contributed by atoms with van der Waals surface area (Å²) in [6.45, 7) is 8.52. The van der Waals surface area contributed by atoms with Crippen molar-refractivity contribution in [2.75, 3.05) is 13.1 Å². The molecule has 0 amide bonds. The van der Waals surface area contributed by atoms with Gasteiger partial charge in [-0.25, -0.2) is 0 Å². The molecule has 2 aromatic carbocycles. The van der Waals surface area contributed by atoms with Crippen molar-refractivity contribution in [2.24, 2.45) is 0 Å². The summed E-state index contributed by atoms with van der Waals surface area (Å²) < 4.78 is 6.10. The van der Waals surface area contributed by atoms with Crippen LogP contribution in [0.4, 0.5) is 0 Å². The molecule has 1 atom stereocenters. The molecule has 0 aromatic heterocycles. The Hall–Kier alpha value is -1.64. The summed E-state index contributed by atoms with van der Waals surface area (Å²) >= 11 is 0. The Morgan fingerprint density at radius 2 is 1.50 bits per heavy atom. The Morgan fingerprint density at radius 3 is 2.05 bits per heavy atom. The van der Waals surface area contributed by atoms with Gasteiger partial charge in [-0.3, -0.25) is 4.90 Å². The fourth-order valence-corrected chi connectivity index (χ4v) is 4.22. The number of fused-ring (bicyclic) bond motifs is 3. The average molecular weight is 293 g/mol. The minimum absolute atomic E-state index is 0.0931. The molecule has 0 saturated carbocycles. The molecule has 1 aliphatic heterocycles. The molecule has 1 saturated heterocycles. The van der Waals surface area contributed by atoms with E-state index in [-0.39, 0.29) is 11.7 Å². The normalized spacial score (nSPS) is 24.0. The molecule has 0 unspecified atom stereocenters. The van der Waals surface area contributed by atoms with Gasteiger partial charge in [0.05, 0.1) is 17.7 Å². The number of benzene rings is 2. The summed E-state index contributed by atoms with van der Waals surface area (Å²) in [6.07, 6.45) is 0.267. The molecule has 0 N–H and O–H groups in total. The van der Waals surface area contributed by atoms with Gasteiger partial charge in [0.15, 0.2) is 0 Å². The summed E-state index contributed by atoms with van der Waals surface area (Å²) in [5.74, 6) is 0. The minimum atomic E-state index is -0.0931. The molecule has 4 rings (SSSR count). The Labute approximate surface area is 132 Å². The van der Waals surface area contributed by atoms with Crippen molar-refractivity contribution in [1.29, 1.82) is 0 Å². The highest BCUT2D eigenvalue weighted by Crippen LogP contribution is 2.47. The summed E-state index contributed by atoms with van der Waals surface area (Å²) in [7, 11) is 0. The van der Waals surface area contributed by atoms with Crippen LogP contribution in [0.1, 0.15) is 37.9 Å². The maximum atomic E-state index is 6.10. The third-order valence-electron chi connectivity index (χ3n) is 4.76. The zero-order chi connectivity index (χ0) is 15.3. The van der Waals surface area contributed by atoms with Crippen molar-refractivity contribution < 1.29 is 4.74 Å². The van der Waals surface area contributed by atoms with Gasteiger partial charge in [-0.15, -0.1) is 0 Å². The van der Waals surface area contributed by atoms with Crippen LogP contribution in [0.2, 0.25) is 0 Å². The van der Waals surface area contributed by atoms with E-state index in [0.717, 1.165) is 13.1 Å². The summed E-state index contributed by atoms with van der Waals surface area (Å²) in [4.78, 5) is 2.60. The zero-order valence-electron chi connectivity index (χ0n) is 13.5. The molecule has 1 heterocycles. The highest BCUT2D eigenvalue weighted by molar-refractivity contribution is 5.78. The molecule has 0 bridgehead atoms. The molecule has 2 aliphatic rings. The second kappa shape index (κ2) is 4.94. The van der Waals surface area contributed by atoms with Gasteiger partial charge in [0.25, 0.3) is 0 Å². The van der Waals surface area contributed by atoms with Crippen molar-refractivity contribution in [2.45, 2.75) is 38.5 Å². The Bertz CT molecular complexity index is 661. The van der Waals surface area contributed by atoms with Crippen LogP contribution in [-0.2, 0) is 4.74 Å². The zero-order valence-corrected chi connectivity index (χ0v) is 13.5. The first kappa shape index (κ1) is 14.0. The third-order valence-corrected chi connectivity index (χ3v) is 4.76. The van der Waals surface area contributed by atoms with Crippen molar-refractivity contribution in [3.63, 3.8) is 0 Å². The summed E-state index contributed by atoms with van der Waals surface area (Å²) in [5.41, 5.74) is 5.56. The van der Waals surface area contributed by atoms with Crippen molar-refractivity contribution in [3.8, 4) is 11.1 Å². The van der Waals surface area contributed by atoms with Crippen molar-refractivity contribution >= 4 is 0 Å². The van der Waals surface area contributed by atoms with Gasteiger partial charge in [-0.05, 0) is 43.0 Å². The molecular weight excluding hydrogens is 270 g/mol. The number of ether oxygens (including phenoxy) is 1. The quantitative estimate of drug-likeness (QED) is 0.779. The first-order chi connectivity index (χ1) is 10.6. The van der Waals surface area contributed by atoms with E-state index in [2.05, 4.69) is 74.2 Å². The monoisotopic (exact) mass is 293 g/mol. The van der Waals surface area contributed by atoms with Crippen LogP contribution >= 0.6 is 0 Å². The summed E-state index contributed by atoms with van der Waals surface area (Å²) in [6, 6.07) is 18.0. The van der Waals surface area contributed by atoms with Crippen LogP contribution < -0.4 is 0 Å². The van der Waals surface area contributed by atoms with Gasteiger partial charge in [0.1, 0.15) is 0 Å². The lowest BCUT2D eigenvalue weighted by Crippen LogP contribution is -2.52. The highest BCUT2D eigenvalue weighted by Gasteiger charge is 2.39. The van der Waals surface area contributed by atoms with Gasteiger partial charge in [-0.2, -0.15) is 0 Å². The van der Waals surface area contributed by atoms with Crippen molar-refractivity contribution in [3.05, 3.63) is 59.7 Å². The van der Waals surface area contributed by atoms with Crippen LogP contribution in [0.15, 0.2) is 48.5 Å². The molecular formula is C20H23NO. The second-order valence-corrected chi connectivity index (χ2v) is 7.19. The maximum Gasteiger partial charge on any atom is 0.0757 e. The Kier molecular flexibility index (Phi) is 3.14. The SMILES string of the molecule is C[C@@H]1CN(C2c3ccccc3-c3ccccc32)CC(C)(C)O1. The first-order valence-corrected chi connectivity index (χ1v) is 8.15. The molecule has 2 heteroatoms. The van der Waals surface area contributed by atoms with Crippen LogP contribution in [0.5, 0.6) is 0 Å². The lowest BCUT2D eigenvalue weighted by Gasteiger charge is -2.44. The fourth-order valence-electron chi connectivity index (χ4n) is 4.22. The van der Waals surface area contributed by atoms with Crippen molar-refractivity contribution in [1.82, 2.24) is 4.90 Å². The third kappa shape index (κ3) is 2.18. The van der Waals surface area contributed by atoms with E-state index < -0.39 is 0 Å². The van der Waals surface area contributed by atoms with Crippen LogP contribution in [0.3, 0.4) is 0 Å². The molecule has 22 heavy (non-hydrogen) atoms. The van der Waals surface area contributed by atoms with Gasteiger partial charge in [0, 0.05) is 13.1 Å². The average Bonchev–Trinajstić information content (AvgIpc) is 2.79. The van der Waals surface area contributed by atoms with Gasteiger partial charge in [0.2, 0.25) is 0 Å². The standard InChI is InChI=1S/C20H23NO/c1-14-12-21(13-20(2,3)22-14)19-17-10-6-4-8-15(17)16-9-5-7-11-18(16)19/h4-11,14,19H,12-13H2,1-3H3/t14-/m1/s1. The highest BCUT2D eigenvalue weighted by atomic mass is 16.5. The molecule has 2 aromatic rings. The largest absolute Gasteiger partial charge is 0.370 e. The fraction of sp³-hybridized carbons (Fsp3) is 0.400. The number of nitrogens with zero attached hydrogens (tertiary/aromatic N) is 1. The van der Waals surface area contributed by atoms with Gasteiger partial charge in [-0.1, -0.05) is 48.5 Å². The van der Waals surface area contributed by atoms with Crippen LogP contribution in [-0.4, -0.2) is 29.7 Å². The maximum absolute atomic E-state index is 6.10. The summed E-state index contributed by atoms with van der Waals surface area (Å²) in [5, 5.41) is 0. The van der Waals surface area contributed by atoms with Crippen LogP contribution in [0.25, 0.3) is 11.1 Å². The number of rotatable bonds is 1. The van der Waals surface area contributed by atoms with E-state index in [0.29, 0.717) is 6.04 Å². The Balaban J connectivity index is 1.81. The van der Waals surface area contributed by atoms with E-state index in [1.807, 2.05) is 0 Å². The molecule has 114 valence electrons.